The number of ether oxygens (including phenoxy) is 1. The van der Waals surface area contributed by atoms with Crippen LogP contribution in [0.4, 0.5) is 0 Å². The zero-order valence-corrected chi connectivity index (χ0v) is 12.0. The third kappa shape index (κ3) is 3.09. The Morgan fingerprint density at radius 2 is 1.68 bits per heavy atom. The van der Waals surface area contributed by atoms with Gasteiger partial charge in [0, 0.05) is 10.0 Å². The molecule has 0 fully saturated rings. The fourth-order valence-electron chi connectivity index (χ4n) is 1.80. The smallest absolute Gasteiger partial charge is 0.153 e. The molecule has 4 heteroatoms. The van der Waals surface area contributed by atoms with Crippen LogP contribution in [0.15, 0.2) is 30.3 Å². The highest BCUT2D eigenvalue weighted by Crippen LogP contribution is 2.31. The molecule has 0 aliphatic carbocycles. The van der Waals surface area contributed by atoms with E-state index in [9.17, 15) is 4.79 Å². The third-order valence-electron chi connectivity index (χ3n) is 2.74. The maximum absolute atomic E-state index is 11.0. The van der Waals surface area contributed by atoms with E-state index in [1.165, 1.54) is 0 Å². The minimum atomic E-state index is 0.415. The van der Waals surface area contributed by atoms with Crippen LogP contribution in [-0.2, 0) is 0 Å². The average molecular weight is 295 g/mol. The molecule has 0 radical (unpaired) electrons. The van der Waals surface area contributed by atoms with Gasteiger partial charge in [0.25, 0.3) is 0 Å². The summed E-state index contributed by atoms with van der Waals surface area (Å²) in [5, 5.41) is 1.22. The van der Waals surface area contributed by atoms with Crippen LogP contribution in [-0.4, -0.2) is 6.29 Å². The number of halogens is 2. The number of benzene rings is 2. The second-order valence-corrected chi connectivity index (χ2v) is 5.09. The molecule has 0 unspecified atom stereocenters. The molecule has 0 spiro atoms. The van der Waals surface area contributed by atoms with Crippen molar-refractivity contribution in [3.05, 3.63) is 57.1 Å². The van der Waals surface area contributed by atoms with Crippen molar-refractivity contribution >= 4 is 29.5 Å². The Morgan fingerprint density at radius 1 is 1.05 bits per heavy atom. The quantitative estimate of drug-likeness (QED) is 0.726. The van der Waals surface area contributed by atoms with Gasteiger partial charge in [0.1, 0.15) is 11.5 Å². The predicted molar refractivity (Wildman–Crippen MR) is 77.8 cm³/mol. The van der Waals surface area contributed by atoms with E-state index in [1.807, 2.05) is 26.0 Å². The number of carbonyl (C=O) groups is 1. The summed E-state index contributed by atoms with van der Waals surface area (Å²) in [5.41, 5.74) is 2.27. The fraction of sp³-hybridized carbons (Fsp3) is 0.133. The zero-order chi connectivity index (χ0) is 14.0. The number of carbonyl (C=O) groups excluding carboxylic acids is 1. The molecule has 0 aliphatic rings. The van der Waals surface area contributed by atoms with Crippen LogP contribution in [0.5, 0.6) is 11.5 Å². The lowest BCUT2D eigenvalue weighted by Gasteiger charge is -2.11. The van der Waals surface area contributed by atoms with E-state index in [4.69, 9.17) is 27.9 Å². The van der Waals surface area contributed by atoms with Crippen molar-refractivity contribution in [3.63, 3.8) is 0 Å². The highest BCUT2D eigenvalue weighted by Gasteiger charge is 2.08. The van der Waals surface area contributed by atoms with E-state index in [-0.39, 0.29) is 0 Å². The van der Waals surface area contributed by atoms with Crippen molar-refractivity contribution in [2.24, 2.45) is 0 Å². The Labute approximate surface area is 121 Å². The van der Waals surface area contributed by atoms with E-state index >= 15 is 0 Å². The molecule has 0 aromatic heterocycles. The van der Waals surface area contributed by atoms with Crippen LogP contribution in [0.1, 0.15) is 21.5 Å². The summed E-state index contributed by atoms with van der Waals surface area (Å²) in [6, 6.07) is 8.58. The first-order chi connectivity index (χ1) is 9.01. The van der Waals surface area contributed by atoms with Crippen molar-refractivity contribution < 1.29 is 9.53 Å². The summed E-state index contributed by atoms with van der Waals surface area (Å²) in [4.78, 5) is 11.0. The highest BCUT2D eigenvalue weighted by molar-refractivity contribution is 6.32. The molecule has 2 rings (SSSR count). The van der Waals surface area contributed by atoms with E-state index in [0.29, 0.717) is 22.1 Å². The molecule has 0 saturated heterocycles. The van der Waals surface area contributed by atoms with Gasteiger partial charge in [-0.25, -0.2) is 0 Å². The molecular formula is C15H12Cl2O2. The Hall–Kier alpha value is -1.51. The molecule has 2 nitrogen and oxygen atoms in total. The van der Waals surface area contributed by atoms with Crippen LogP contribution in [0.25, 0.3) is 0 Å². The van der Waals surface area contributed by atoms with Crippen LogP contribution >= 0.6 is 23.2 Å². The largest absolute Gasteiger partial charge is 0.457 e. The second kappa shape index (κ2) is 5.64. The van der Waals surface area contributed by atoms with Crippen LogP contribution in [0.2, 0.25) is 10.0 Å². The first-order valence-corrected chi connectivity index (χ1v) is 6.46. The van der Waals surface area contributed by atoms with E-state index in [0.717, 1.165) is 22.4 Å². The number of rotatable bonds is 3. The minimum absolute atomic E-state index is 0.415. The standard InChI is InChI=1S/C15H12Cl2O2/c1-9-5-13(6-10(2)15(9)17)19-14-4-3-12(16)7-11(14)8-18/h3-8H,1-2H3. The van der Waals surface area contributed by atoms with E-state index < -0.39 is 0 Å². The number of aldehydes is 1. The lowest BCUT2D eigenvalue weighted by Crippen LogP contribution is -1.92. The molecule has 19 heavy (non-hydrogen) atoms. The summed E-state index contributed by atoms with van der Waals surface area (Å²) in [6.45, 7) is 3.81. The van der Waals surface area contributed by atoms with E-state index in [2.05, 4.69) is 0 Å². The Bertz CT molecular complexity index is 613. The Morgan fingerprint density at radius 3 is 2.26 bits per heavy atom. The summed E-state index contributed by atoms with van der Waals surface area (Å²) in [7, 11) is 0. The average Bonchev–Trinajstić information content (AvgIpc) is 2.38. The van der Waals surface area contributed by atoms with Gasteiger partial charge in [-0.05, 0) is 55.3 Å². The molecule has 0 atom stereocenters. The van der Waals surface area contributed by atoms with Gasteiger partial charge < -0.3 is 4.74 Å². The van der Waals surface area contributed by atoms with Gasteiger partial charge in [0.15, 0.2) is 6.29 Å². The van der Waals surface area contributed by atoms with Gasteiger partial charge in [-0.1, -0.05) is 23.2 Å². The SMILES string of the molecule is Cc1cc(Oc2ccc(Cl)cc2C=O)cc(C)c1Cl. The van der Waals surface area contributed by atoms with Crippen molar-refractivity contribution in [2.75, 3.05) is 0 Å². The first kappa shape index (κ1) is 13.9. The summed E-state index contributed by atoms with van der Waals surface area (Å²) in [6.07, 6.45) is 0.719. The van der Waals surface area contributed by atoms with Gasteiger partial charge in [-0.2, -0.15) is 0 Å². The van der Waals surface area contributed by atoms with Crippen molar-refractivity contribution in [3.8, 4) is 11.5 Å². The molecule has 98 valence electrons. The molecule has 0 saturated carbocycles. The maximum atomic E-state index is 11.0. The third-order valence-corrected chi connectivity index (χ3v) is 3.57. The van der Waals surface area contributed by atoms with Crippen LogP contribution in [0, 0.1) is 13.8 Å². The van der Waals surface area contributed by atoms with Crippen molar-refractivity contribution in [1.82, 2.24) is 0 Å². The van der Waals surface area contributed by atoms with Gasteiger partial charge in [0.2, 0.25) is 0 Å². The maximum Gasteiger partial charge on any atom is 0.153 e. The monoisotopic (exact) mass is 294 g/mol. The molecule has 0 N–H and O–H groups in total. The van der Waals surface area contributed by atoms with Crippen molar-refractivity contribution in [1.29, 1.82) is 0 Å². The van der Waals surface area contributed by atoms with Gasteiger partial charge in [-0.15, -0.1) is 0 Å². The summed E-state index contributed by atoms with van der Waals surface area (Å²) >= 11 is 11.9. The molecule has 0 amide bonds. The predicted octanol–water partition coefficient (Wildman–Crippen LogP) is 5.22. The second-order valence-electron chi connectivity index (χ2n) is 4.27. The lowest BCUT2D eigenvalue weighted by molar-refractivity contribution is 0.112. The lowest BCUT2D eigenvalue weighted by atomic mass is 10.1. The number of aryl methyl sites for hydroxylation is 2. The fourth-order valence-corrected chi connectivity index (χ4v) is 2.09. The molecule has 0 heterocycles. The number of hydrogen-bond acceptors (Lipinski definition) is 2. The highest BCUT2D eigenvalue weighted by atomic mass is 35.5. The molecule has 2 aromatic rings. The Balaban J connectivity index is 2.39. The molecule has 2 aromatic carbocycles. The topological polar surface area (TPSA) is 26.3 Å². The minimum Gasteiger partial charge on any atom is -0.457 e. The van der Waals surface area contributed by atoms with Crippen LogP contribution in [0.3, 0.4) is 0 Å². The summed E-state index contributed by atoms with van der Waals surface area (Å²) < 4.78 is 5.72. The molecular weight excluding hydrogens is 283 g/mol. The van der Waals surface area contributed by atoms with Gasteiger partial charge in [0.05, 0.1) is 5.56 Å². The molecule has 0 bridgehead atoms. The number of hydrogen-bond donors (Lipinski definition) is 0. The zero-order valence-electron chi connectivity index (χ0n) is 10.5. The first-order valence-electron chi connectivity index (χ1n) is 5.70. The normalized spacial score (nSPS) is 10.3. The van der Waals surface area contributed by atoms with Crippen molar-refractivity contribution in [2.45, 2.75) is 13.8 Å². The molecule has 0 aliphatic heterocycles. The van der Waals surface area contributed by atoms with E-state index in [1.54, 1.807) is 18.2 Å². The Kier molecular flexibility index (Phi) is 4.13. The van der Waals surface area contributed by atoms with Crippen LogP contribution < -0.4 is 4.74 Å². The summed E-state index contributed by atoms with van der Waals surface area (Å²) in [5.74, 6) is 1.12. The van der Waals surface area contributed by atoms with Gasteiger partial charge in [-0.3, -0.25) is 4.79 Å². The van der Waals surface area contributed by atoms with Gasteiger partial charge >= 0.3 is 0 Å².